The van der Waals surface area contributed by atoms with Crippen LogP contribution in [-0.2, 0) is 19.2 Å². The fourth-order valence-corrected chi connectivity index (χ4v) is 11.9. The zero-order chi connectivity index (χ0) is 55.7. The van der Waals surface area contributed by atoms with Gasteiger partial charge in [-0.3, -0.25) is 19.2 Å². The molecular formula is C70H136N2O4. The molecular weight excluding hydrogens is 933 g/mol. The van der Waals surface area contributed by atoms with Crippen molar-refractivity contribution in [3.05, 3.63) is 0 Å². The second-order valence-corrected chi connectivity index (χ2v) is 24.7. The molecule has 0 radical (unpaired) electrons. The quantitative estimate of drug-likeness (QED) is 0.0462. The zero-order valence-electron chi connectivity index (χ0n) is 52.2. The minimum atomic E-state index is -2.33. The molecule has 6 heteroatoms. The maximum atomic E-state index is 14.7. The first kappa shape index (κ1) is 74.6. The molecule has 0 rings (SSSR count). The third-order valence-electron chi connectivity index (χ3n) is 17.4. The topological polar surface area (TPSA) is 120 Å². The molecule has 76 heavy (non-hydrogen) atoms. The van der Waals surface area contributed by atoms with Gasteiger partial charge in [0.25, 0.3) is 0 Å². The van der Waals surface area contributed by atoms with E-state index in [-0.39, 0.29) is 25.7 Å². The summed E-state index contributed by atoms with van der Waals surface area (Å²) in [5, 5.41) is 0. The SMILES string of the molecule is CCCCCCCCCCCCCCCCCC(=O)C(N)(C(=O)CCCCCCCCCCCCCCCCC)C(N)(C(=O)CCCCCCCCCCCCCCC)C(=O)CCCCCCCCCCCCCCC. The van der Waals surface area contributed by atoms with Gasteiger partial charge in [-0.1, -0.05) is 362 Å². The first-order valence-corrected chi connectivity index (χ1v) is 34.9. The Labute approximate surface area is 475 Å². The van der Waals surface area contributed by atoms with Gasteiger partial charge in [-0.15, -0.1) is 0 Å². The van der Waals surface area contributed by atoms with Crippen molar-refractivity contribution in [2.24, 2.45) is 11.5 Å². The summed E-state index contributed by atoms with van der Waals surface area (Å²) in [5.41, 5.74) is 9.75. The highest BCUT2D eigenvalue weighted by Crippen LogP contribution is 2.32. The monoisotopic (exact) mass is 1070 g/mol. The minimum absolute atomic E-state index is 0.0794. The maximum Gasteiger partial charge on any atom is 0.166 e. The standard InChI is InChI=1S/C70H136N2O4/c1-5-9-13-17-21-25-29-33-35-39-43-47-51-55-59-63-67(75)70(72,68(76)64-60-56-52-48-44-40-36-34-30-26-22-18-14-10-6-2)69(71,65(73)61-57-53-49-45-41-37-31-27-23-19-15-11-7-3)66(74)62-58-54-50-46-42-38-32-28-24-20-16-12-8-4/h5-64,71-72H2,1-4H3. The number of carbonyl (C=O) groups is 4. The van der Waals surface area contributed by atoms with Crippen LogP contribution in [-0.4, -0.2) is 34.2 Å². The van der Waals surface area contributed by atoms with Crippen molar-refractivity contribution in [1.29, 1.82) is 0 Å². The maximum absolute atomic E-state index is 14.7. The molecule has 0 spiro atoms. The highest BCUT2D eigenvalue weighted by atomic mass is 16.2. The molecule has 0 aromatic carbocycles. The van der Waals surface area contributed by atoms with Crippen LogP contribution in [0, 0.1) is 0 Å². The smallest absolute Gasteiger partial charge is 0.166 e. The van der Waals surface area contributed by atoms with E-state index in [9.17, 15) is 19.2 Å². The normalized spacial score (nSPS) is 12.0. The van der Waals surface area contributed by atoms with Gasteiger partial charge in [-0.05, 0) is 25.7 Å². The molecule has 0 unspecified atom stereocenters. The van der Waals surface area contributed by atoms with Crippen LogP contribution in [0.5, 0.6) is 0 Å². The molecule has 0 aliphatic heterocycles. The average Bonchev–Trinajstić information content (AvgIpc) is 3.42. The molecule has 0 aromatic rings. The van der Waals surface area contributed by atoms with Crippen LogP contribution < -0.4 is 11.5 Å². The summed E-state index contributed by atoms with van der Waals surface area (Å²) >= 11 is 0. The fourth-order valence-electron chi connectivity index (χ4n) is 11.9. The van der Waals surface area contributed by atoms with Gasteiger partial charge in [0.05, 0.1) is 0 Å². The van der Waals surface area contributed by atoms with E-state index in [1.165, 1.54) is 257 Å². The summed E-state index contributed by atoms with van der Waals surface area (Å²) in [7, 11) is 0. The van der Waals surface area contributed by atoms with Crippen molar-refractivity contribution in [3.8, 4) is 0 Å². The Kier molecular flexibility index (Phi) is 55.8. The van der Waals surface area contributed by atoms with E-state index < -0.39 is 34.2 Å². The van der Waals surface area contributed by atoms with E-state index in [0.717, 1.165) is 77.0 Å². The Morgan fingerprint density at radius 2 is 0.276 bits per heavy atom. The van der Waals surface area contributed by atoms with Crippen molar-refractivity contribution >= 4 is 23.1 Å². The lowest BCUT2D eigenvalue weighted by atomic mass is 9.64. The van der Waals surface area contributed by atoms with Gasteiger partial charge in [0, 0.05) is 25.7 Å². The van der Waals surface area contributed by atoms with Gasteiger partial charge in [0.2, 0.25) is 0 Å². The lowest BCUT2D eigenvalue weighted by Crippen LogP contribution is -2.80. The van der Waals surface area contributed by atoms with Crippen molar-refractivity contribution in [3.63, 3.8) is 0 Å². The van der Waals surface area contributed by atoms with Crippen LogP contribution >= 0.6 is 0 Å². The van der Waals surface area contributed by atoms with Crippen LogP contribution in [0.2, 0.25) is 0 Å². The van der Waals surface area contributed by atoms with Crippen LogP contribution in [0.25, 0.3) is 0 Å². The van der Waals surface area contributed by atoms with Crippen molar-refractivity contribution < 1.29 is 19.2 Å². The second-order valence-electron chi connectivity index (χ2n) is 24.7. The third-order valence-corrected chi connectivity index (χ3v) is 17.4. The zero-order valence-corrected chi connectivity index (χ0v) is 52.2. The number of ketones is 4. The largest absolute Gasteiger partial charge is 0.310 e. The number of rotatable bonds is 65. The number of Topliss-reactive ketones (excluding diaryl/α,β-unsaturated/α-hetero) is 4. The molecule has 0 bridgehead atoms. The first-order valence-electron chi connectivity index (χ1n) is 34.9. The minimum Gasteiger partial charge on any atom is -0.310 e. The molecule has 0 aliphatic carbocycles. The summed E-state index contributed by atoms with van der Waals surface area (Å²) in [6, 6.07) is 0. The molecule has 0 saturated carbocycles. The Morgan fingerprint density at radius 3 is 0.382 bits per heavy atom. The van der Waals surface area contributed by atoms with E-state index in [0.29, 0.717) is 25.7 Å². The van der Waals surface area contributed by atoms with Gasteiger partial charge in [-0.25, -0.2) is 0 Å². The highest BCUT2D eigenvalue weighted by Gasteiger charge is 2.62. The summed E-state index contributed by atoms with van der Waals surface area (Å²) in [5.74, 6) is -1.97. The average molecular weight is 1070 g/mol. The number of unbranched alkanes of at least 4 members (excludes halogenated alkanes) is 52. The Balaban J connectivity index is 5.70. The van der Waals surface area contributed by atoms with Gasteiger partial charge in [0.15, 0.2) is 34.2 Å². The number of carbonyl (C=O) groups excluding carboxylic acids is 4. The second kappa shape index (κ2) is 56.9. The highest BCUT2D eigenvalue weighted by molar-refractivity contribution is 6.26. The summed E-state index contributed by atoms with van der Waals surface area (Å²) < 4.78 is 0. The molecule has 0 heterocycles. The molecule has 0 aliphatic rings. The lowest BCUT2D eigenvalue weighted by Gasteiger charge is -2.41. The predicted octanol–water partition coefficient (Wildman–Crippen LogP) is 22.1. The Bertz CT molecular complexity index is 1190. The number of hydrogen-bond acceptors (Lipinski definition) is 6. The van der Waals surface area contributed by atoms with E-state index in [1.807, 2.05) is 0 Å². The summed E-state index contributed by atoms with van der Waals surface area (Å²) in [4.78, 5) is 58.8. The Morgan fingerprint density at radius 1 is 0.184 bits per heavy atom. The molecule has 0 saturated heterocycles. The van der Waals surface area contributed by atoms with Gasteiger partial charge in [0.1, 0.15) is 0 Å². The molecule has 0 aromatic heterocycles. The van der Waals surface area contributed by atoms with Crippen LogP contribution in [0.15, 0.2) is 0 Å². The van der Waals surface area contributed by atoms with Gasteiger partial charge in [-0.2, -0.15) is 0 Å². The van der Waals surface area contributed by atoms with Gasteiger partial charge < -0.3 is 11.5 Å². The summed E-state index contributed by atoms with van der Waals surface area (Å²) in [6.07, 6.45) is 67.5. The molecule has 4 N–H and O–H groups in total. The van der Waals surface area contributed by atoms with Crippen molar-refractivity contribution in [2.75, 3.05) is 0 Å². The molecule has 450 valence electrons. The number of hydrogen-bond donors (Lipinski definition) is 2. The van der Waals surface area contributed by atoms with E-state index in [2.05, 4.69) is 27.7 Å². The third kappa shape index (κ3) is 40.7. The Hall–Kier alpha value is -1.40. The van der Waals surface area contributed by atoms with E-state index in [4.69, 9.17) is 11.5 Å². The predicted molar refractivity (Wildman–Crippen MR) is 334 cm³/mol. The molecule has 0 atom stereocenters. The molecule has 0 amide bonds. The lowest BCUT2D eigenvalue weighted by molar-refractivity contribution is -0.150. The van der Waals surface area contributed by atoms with Crippen molar-refractivity contribution in [1.82, 2.24) is 0 Å². The van der Waals surface area contributed by atoms with E-state index in [1.54, 1.807) is 0 Å². The first-order chi connectivity index (χ1) is 37.2. The molecule has 6 nitrogen and oxygen atoms in total. The van der Waals surface area contributed by atoms with Gasteiger partial charge >= 0.3 is 0 Å². The number of nitrogens with two attached hydrogens (primary N) is 2. The van der Waals surface area contributed by atoms with Crippen LogP contribution in [0.4, 0.5) is 0 Å². The van der Waals surface area contributed by atoms with Crippen LogP contribution in [0.3, 0.4) is 0 Å². The van der Waals surface area contributed by atoms with Crippen molar-refractivity contribution in [2.45, 2.75) is 424 Å². The molecule has 0 fully saturated rings. The van der Waals surface area contributed by atoms with Crippen LogP contribution in [0.1, 0.15) is 413 Å². The fraction of sp³-hybridized carbons (Fsp3) is 0.943. The summed E-state index contributed by atoms with van der Waals surface area (Å²) in [6.45, 7) is 9.08. The van der Waals surface area contributed by atoms with E-state index >= 15 is 0 Å².